The summed E-state index contributed by atoms with van der Waals surface area (Å²) < 4.78 is 34.5. The standard InChI is InChI=1S/C25H20Cl4N4O3S2/c1-14(16-7-8-18(26)19(27)10-16)13-30-25(34)17-11-20(28)21(29)12-23(17)33(38(35)36)24-22(31-37-32-24)9-15-5-3-2-4-6-15/h2-8,10-12,14H,9,13H2,1H3,(H,30,34)(H,35,36)/p-1. The molecule has 3 aromatic carbocycles. The fraction of sp³-hybridized carbons (Fsp3) is 0.160. The van der Waals surface area contributed by atoms with Crippen molar-refractivity contribution in [3.8, 4) is 0 Å². The molecule has 1 amide bonds. The normalized spacial score (nSPS) is 12.7. The molecule has 4 aromatic rings. The van der Waals surface area contributed by atoms with Crippen molar-refractivity contribution in [3.63, 3.8) is 0 Å². The Morgan fingerprint density at radius 1 is 1.00 bits per heavy atom. The van der Waals surface area contributed by atoms with Gasteiger partial charge < -0.3 is 9.87 Å². The Morgan fingerprint density at radius 3 is 2.37 bits per heavy atom. The molecule has 13 heteroatoms. The van der Waals surface area contributed by atoms with Gasteiger partial charge in [-0.25, -0.2) is 0 Å². The number of carbonyl (C=O) groups is 1. The Morgan fingerprint density at radius 2 is 1.68 bits per heavy atom. The first-order valence-corrected chi connectivity index (χ1v) is 14.4. The second-order valence-corrected chi connectivity index (χ2v) is 11.2. The summed E-state index contributed by atoms with van der Waals surface area (Å²) in [6, 6.07) is 17.3. The lowest BCUT2D eigenvalue weighted by Gasteiger charge is -2.27. The molecule has 38 heavy (non-hydrogen) atoms. The van der Waals surface area contributed by atoms with E-state index in [1.165, 1.54) is 12.1 Å². The van der Waals surface area contributed by atoms with Crippen molar-refractivity contribution in [1.82, 2.24) is 14.1 Å². The lowest BCUT2D eigenvalue weighted by Crippen LogP contribution is -2.30. The minimum Gasteiger partial charge on any atom is -0.755 e. The van der Waals surface area contributed by atoms with Gasteiger partial charge in [-0.15, -0.1) is 0 Å². The number of anilines is 2. The molecular weight excluding hydrogens is 610 g/mol. The topological polar surface area (TPSA) is 98.2 Å². The molecule has 0 aliphatic carbocycles. The molecule has 0 saturated carbocycles. The number of halogens is 4. The fourth-order valence-corrected chi connectivity index (χ4v) is 5.51. The number of carbonyl (C=O) groups excluding carboxylic acids is 1. The van der Waals surface area contributed by atoms with Crippen LogP contribution in [0, 0.1) is 0 Å². The molecule has 0 saturated heterocycles. The van der Waals surface area contributed by atoms with Gasteiger partial charge in [-0.2, -0.15) is 8.75 Å². The smallest absolute Gasteiger partial charge is 0.253 e. The predicted octanol–water partition coefficient (Wildman–Crippen LogP) is 7.21. The van der Waals surface area contributed by atoms with Crippen molar-refractivity contribution in [2.45, 2.75) is 19.3 Å². The van der Waals surface area contributed by atoms with Gasteiger partial charge in [0.05, 0.1) is 54.3 Å². The van der Waals surface area contributed by atoms with E-state index in [0.29, 0.717) is 22.2 Å². The summed E-state index contributed by atoms with van der Waals surface area (Å²) in [5.41, 5.74) is 2.21. The van der Waals surface area contributed by atoms with Gasteiger partial charge in [0.15, 0.2) is 5.82 Å². The summed E-state index contributed by atoms with van der Waals surface area (Å²) in [6.45, 7) is 2.14. The first-order valence-electron chi connectivity index (χ1n) is 11.1. The zero-order valence-electron chi connectivity index (χ0n) is 19.7. The maximum Gasteiger partial charge on any atom is 0.253 e. The second-order valence-electron chi connectivity index (χ2n) is 8.28. The molecule has 0 aliphatic rings. The lowest BCUT2D eigenvalue weighted by molar-refractivity contribution is 0.0952. The third-order valence-electron chi connectivity index (χ3n) is 5.68. The van der Waals surface area contributed by atoms with Gasteiger partial charge >= 0.3 is 0 Å². The van der Waals surface area contributed by atoms with Gasteiger partial charge in [-0.1, -0.05) is 89.7 Å². The van der Waals surface area contributed by atoms with Crippen LogP contribution < -0.4 is 9.62 Å². The van der Waals surface area contributed by atoms with Crippen LogP contribution in [0.15, 0.2) is 60.7 Å². The molecule has 4 rings (SSSR count). The average molecular weight is 629 g/mol. The summed E-state index contributed by atoms with van der Waals surface area (Å²) >= 11 is 22.6. The molecule has 1 N–H and O–H groups in total. The fourth-order valence-electron chi connectivity index (χ4n) is 3.69. The van der Waals surface area contributed by atoms with Crippen molar-refractivity contribution in [1.29, 1.82) is 0 Å². The van der Waals surface area contributed by atoms with Crippen LogP contribution in [-0.4, -0.2) is 30.0 Å². The van der Waals surface area contributed by atoms with Gasteiger partial charge in [0.25, 0.3) is 5.91 Å². The molecule has 0 spiro atoms. The Bertz CT molecular complexity index is 1490. The third-order valence-corrected chi connectivity index (χ3v) is 8.36. The van der Waals surface area contributed by atoms with E-state index in [2.05, 4.69) is 14.1 Å². The van der Waals surface area contributed by atoms with Crippen LogP contribution in [0.1, 0.15) is 40.0 Å². The molecule has 1 heterocycles. The molecule has 1 aromatic heterocycles. The van der Waals surface area contributed by atoms with Crippen LogP contribution in [0.5, 0.6) is 0 Å². The average Bonchev–Trinajstić information content (AvgIpc) is 3.33. The van der Waals surface area contributed by atoms with Crippen LogP contribution >= 0.6 is 58.1 Å². The molecule has 198 valence electrons. The van der Waals surface area contributed by atoms with E-state index in [1.54, 1.807) is 12.1 Å². The number of hydrogen-bond acceptors (Lipinski definition) is 6. The predicted molar refractivity (Wildman–Crippen MR) is 154 cm³/mol. The number of nitrogens with one attached hydrogen (secondary N) is 1. The highest BCUT2D eigenvalue weighted by atomic mass is 35.5. The van der Waals surface area contributed by atoms with Crippen molar-refractivity contribution >= 4 is 86.8 Å². The van der Waals surface area contributed by atoms with Crippen LogP contribution in [0.2, 0.25) is 20.1 Å². The molecule has 0 bridgehead atoms. The Hall–Kier alpha value is -2.24. The van der Waals surface area contributed by atoms with Crippen LogP contribution in [0.4, 0.5) is 11.5 Å². The van der Waals surface area contributed by atoms with Gasteiger partial charge in [0, 0.05) is 13.0 Å². The van der Waals surface area contributed by atoms with E-state index < -0.39 is 17.2 Å². The maximum absolute atomic E-state index is 13.3. The lowest BCUT2D eigenvalue weighted by atomic mass is 10.0. The molecule has 0 fully saturated rings. The monoisotopic (exact) mass is 627 g/mol. The minimum absolute atomic E-state index is 0.00333. The van der Waals surface area contributed by atoms with E-state index in [0.717, 1.165) is 27.2 Å². The van der Waals surface area contributed by atoms with E-state index >= 15 is 0 Å². The highest BCUT2D eigenvalue weighted by Gasteiger charge is 2.26. The van der Waals surface area contributed by atoms with E-state index in [-0.39, 0.29) is 39.6 Å². The maximum atomic E-state index is 13.3. The number of amides is 1. The Labute approximate surface area is 246 Å². The van der Waals surface area contributed by atoms with Crippen molar-refractivity contribution in [2.24, 2.45) is 0 Å². The highest BCUT2D eigenvalue weighted by Crippen LogP contribution is 2.37. The summed E-state index contributed by atoms with van der Waals surface area (Å²) in [5, 5.41) is 3.84. The van der Waals surface area contributed by atoms with E-state index in [4.69, 9.17) is 46.4 Å². The molecule has 2 atom stereocenters. The Balaban J connectivity index is 1.65. The first-order chi connectivity index (χ1) is 18.2. The van der Waals surface area contributed by atoms with E-state index in [1.807, 2.05) is 43.3 Å². The quantitative estimate of drug-likeness (QED) is 0.198. The molecule has 2 unspecified atom stereocenters. The van der Waals surface area contributed by atoms with Gasteiger partial charge in [0.1, 0.15) is 5.69 Å². The molecule has 7 nitrogen and oxygen atoms in total. The van der Waals surface area contributed by atoms with Gasteiger partial charge in [-0.3, -0.25) is 13.3 Å². The third kappa shape index (κ3) is 6.66. The summed E-state index contributed by atoms with van der Waals surface area (Å²) in [5.74, 6) is -0.595. The SMILES string of the molecule is CC(CNC(=O)c1cc(Cl)c(Cl)cc1N(c1nsnc1Cc1ccccc1)S(=O)[O-])c1ccc(Cl)c(Cl)c1. The number of nitrogens with zero attached hydrogens (tertiary/aromatic N) is 3. The Kier molecular flexibility index (Phi) is 9.64. The molecule has 0 radical (unpaired) electrons. The zero-order chi connectivity index (χ0) is 27.4. The first kappa shape index (κ1) is 28.8. The van der Waals surface area contributed by atoms with Crippen LogP contribution in [-0.2, 0) is 17.7 Å². The van der Waals surface area contributed by atoms with Crippen LogP contribution in [0.3, 0.4) is 0 Å². The number of benzene rings is 3. The van der Waals surface area contributed by atoms with Crippen molar-refractivity contribution < 1.29 is 13.6 Å². The molecule has 0 aliphatic heterocycles. The largest absolute Gasteiger partial charge is 0.755 e. The van der Waals surface area contributed by atoms with Gasteiger partial charge in [-0.05, 0) is 41.3 Å². The van der Waals surface area contributed by atoms with Crippen LogP contribution in [0.25, 0.3) is 0 Å². The second kappa shape index (κ2) is 12.7. The highest BCUT2D eigenvalue weighted by molar-refractivity contribution is 7.81. The van der Waals surface area contributed by atoms with Gasteiger partial charge in [0.2, 0.25) is 0 Å². The number of rotatable bonds is 9. The van der Waals surface area contributed by atoms with Crippen molar-refractivity contribution in [2.75, 3.05) is 10.8 Å². The zero-order valence-corrected chi connectivity index (χ0v) is 24.3. The number of aromatic nitrogens is 2. The van der Waals surface area contributed by atoms with E-state index in [9.17, 15) is 13.6 Å². The summed E-state index contributed by atoms with van der Waals surface area (Å²) in [6.07, 6.45) is 0.338. The van der Waals surface area contributed by atoms with Crippen molar-refractivity contribution in [3.05, 3.63) is 103 Å². The molecular formula is C25H19Cl4N4O3S2-. The number of hydrogen-bond donors (Lipinski definition) is 1. The minimum atomic E-state index is -2.86. The summed E-state index contributed by atoms with van der Waals surface area (Å²) in [7, 11) is 0. The summed E-state index contributed by atoms with van der Waals surface area (Å²) in [4.78, 5) is 13.3.